The molecule has 3 atom stereocenters. The fraction of sp³-hybridized carbons (Fsp3) is 1.00. The van der Waals surface area contributed by atoms with Gasteiger partial charge < -0.3 is 14.6 Å². The van der Waals surface area contributed by atoms with Crippen LogP contribution in [-0.2, 0) is 9.47 Å². The van der Waals surface area contributed by atoms with Gasteiger partial charge in [-0.1, -0.05) is 0 Å². The van der Waals surface area contributed by atoms with Crippen molar-refractivity contribution in [3.8, 4) is 0 Å². The molecule has 76 valence electrons. The molecule has 0 aromatic carbocycles. The van der Waals surface area contributed by atoms with Gasteiger partial charge >= 0.3 is 0 Å². The minimum atomic E-state index is 0.0583. The van der Waals surface area contributed by atoms with E-state index in [-0.39, 0.29) is 18.8 Å². The van der Waals surface area contributed by atoms with Gasteiger partial charge in [0.05, 0.1) is 24.9 Å². The highest BCUT2D eigenvalue weighted by molar-refractivity contribution is 4.80. The Balaban J connectivity index is 1.84. The average Bonchev–Trinajstić information content (AvgIpc) is 2.71. The average molecular weight is 186 g/mol. The van der Waals surface area contributed by atoms with Gasteiger partial charge in [-0.3, -0.25) is 0 Å². The summed E-state index contributed by atoms with van der Waals surface area (Å²) in [5.41, 5.74) is 0. The van der Waals surface area contributed by atoms with Crippen molar-refractivity contribution in [3.63, 3.8) is 0 Å². The van der Waals surface area contributed by atoms with Crippen molar-refractivity contribution in [2.24, 2.45) is 0 Å². The second kappa shape index (κ2) is 4.40. The van der Waals surface area contributed by atoms with Crippen LogP contribution in [0.3, 0.4) is 0 Å². The maximum atomic E-state index is 8.99. The summed E-state index contributed by atoms with van der Waals surface area (Å²) < 4.78 is 11.3. The first-order valence-corrected chi connectivity index (χ1v) is 5.28. The summed E-state index contributed by atoms with van der Waals surface area (Å²) >= 11 is 0. The van der Waals surface area contributed by atoms with Gasteiger partial charge in [0.2, 0.25) is 0 Å². The molecule has 0 radical (unpaired) electrons. The molecule has 2 aliphatic heterocycles. The first-order valence-electron chi connectivity index (χ1n) is 5.28. The molecule has 1 N–H and O–H groups in total. The smallest absolute Gasteiger partial charge is 0.0841 e. The van der Waals surface area contributed by atoms with E-state index in [0.717, 1.165) is 38.7 Å². The lowest BCUT2D eigenvalue weighted by Crippen LogP contribution is -2.37. The van der Waals surface area contributed by atoms with Crippen LogP contribution < -0.4 is 0 Å². The number of aliphatic hydroxyl groups is 1. The largest absolute Gasteiger partial charge is 0.394 e. The fourth-order valence-electron chi connectivity index (χ4n) is 2.23. The Bertz CT molecular complexity index is 154. The van der Waals surface area contributed by atoms with Gasteiger partial charge in [0.15, 0.2) is 0 Å². The van der Waals surface area contributed by atoms with Gasteiger partial charge in [-0.25, -0.2) is 0 Å². The van der Waals surface area contributed by atoms with Crippen LogP contribution in [0.5, 0.6) is 0 Å². The maximum absolute atomic E-state index is 8.99. The van der Waals surface area contributed by atoms with Crippen LogP contribution in [0.4, 0.5) is 0 Å². The van der Waals surface area contributed by atoms with Crippen molar-refractivity contribution in [3.05, 3.63) is 0 Å². The lowest BCUT2D eigenvalue weighted by molar-refractivity contribution is -0.122. The van der Waals surface area contributed by atoms with E-state index in [4.69, 9.17) is 14.6 Å². The quantitative estimate of drug-likeness (QED) is 0.701. The SMILES string of the molecule is OCC1CCCC(C2CCCO2)O1. The van der Waals surface area contributed by atoms with Crippen LogP contribution in [0, 0.1) is 0 Å². The summed E-state index contributed by atoms with van der Waals surface area (Å²) in [5.74, 6) is 0. The van der Waals surface area contributed by atoms with Crippen molar-refractivity contribution in [1.29, 1.82) is 0 Å². The van der Waals surface area contributed by atoms with Gasteiger partial charge in [0, 0.05) is 6.61 Å². The van der Waals surface area contributed by atoms with Crippen LogP contribution in [0.2, 0.25) is 0 Å². The molecule has 2 heterocycles. The third-order valence-corrected chi connectivity index (χ3v) is 2.97. The minimum absolute atomic E-state index is 0.0583. The first-order chi connectivity index (χ1) is 6.40. The molecule has 2 aliphatic rings. The first kappa shape index (κ1) is 9.44. The van der Waals surface area contributed by atoms with E-state index in [9.17, 15) is 0 Å². The van der Waals surface area contributed by atoms with Crippen LogP contribution in [0.1, 0.15) is 32.1 Å². The minimum Gasteiger partial charge on any atom is -0.394 e. The Morgan fingerprint density at radius 3 is 2.62 bits per heavy atom. The highest BCUT2D eigenvalue weighted by atomic mass is 16.6. The second-order valence-electron chi connectivity index (χ2n) is 3.96. The molecule has 13 heavy (non-hydrogen) atoms. The Hall–Kier alpha value is -0.120. The zero-order chi connectivity index (χ0) is 9.10. The second-order valence-corrected chi connectivity index (χ2v) is 3.96. The van der Waals surface area contributed by atoms with E-state index in [0.29, 0.717) is 6.10 Å². The molecule has 0 aromatic heterocycles. The van der Waals surface area contributed by atoms with Crippen LogP contribution in [-0.4, -0.2) is 36.6 Å². The van der Waals surface area contributed by atoms with Crippen molar-refractivity contribution in [1.82, 2.24) is 0 Å². The molecule has 2 fully saturated rings. The van der Waals surface area contributed by atoms with E-state index >= 15 is 0 Å². The van der Waals surface area contributed by atoms with Crippen LogP contribution in [0.15, 0.2) is 0 Å². The van der Waals surface area contributed by atoms with Crippen molar-refractivity contribution < 1.29 is 14.6 Å². The molecule has 0 saturated carbocycles. The Morgan fingerprint density at radius 1 is 1.08 bits per heavy atom. The molecule has 3 unspecified atom stereocenters. The molecule has 2 saturated heterocycles. The fourth-order valence-corrected chi connectivity index (χ4v) is 2.23. The van der Waals surface area contributed by atoms with Gasteiger partial charge in [-0.05, 0) is 32.1 Å². The summed E-state index contributed by atoms with van der Waals surface area (Å²) in [6.07, 6.45) is 6.15. The topological polar surface area (TPSA) is 38.7 Å². The highest BCUT2D eigenvalue weighted by Crippen LogP contribution is 2.27. The zero-order valence-corrected chi connectivity index (χ0v) is 7.95. The number of hydrogen-bond acceptors (Lipinski definition) is 3. The number of hydrogen-bond donors (Lipinski definition) is 1. The Morgan fingerprint density at radius 2 is 1.92 bits per heavy atom. The van der Waals surface area contributed by atoms with Crippen LogP contribution >= 0.6 is 0 Å². The van der Waals surface area contributed by atoms with Gasteiger partial charge in [0.1, 0.15) is 0 Å². The van der Waals surface area contributed by atoms with Gasteiger partial charge in [-0.2, -0.15) is 0 Å². The van der Waals surface area contributed by atoms with E-state index in [2.05, 4.69) is 0 Å². The third-order valence-electron chi connectivity index (χ3n) is 2.97. The molecule has 0 aromatic rings. The summed E-state index contributed by atoms with van der Waals surface area (Å²) in [6.45, 7) is 1.04. The Labute approximate surface area is 79.0 Å². The lowest BCUT2D eigenvalue weighted by atomic mass is 9.99. The van der Waals surface area contributed by atoms with Gasteiger partial charge in [-0.15, -0.1) is 0 Å². The molecule has 2 rings (SSSR count). The van der Waals surface area contributed by atoms with Crippen molar-refractivity contribution >= 4 is 0 Å². The summed E-state index contributed by atoms with van der Waals surface area (Å²) in [7, 11) is 0. The molecule has 3 heteroatoms. The number of rotatable bonds is 2. The molecular formula is C10H18O3. The molecule has 0 spiro atoms. The maximum Gasteiger partial charge on any atom is 0.0841 e. The molecule has 0 aliphatic carbocycles. The number of ether oxygens (including phenoxy) is 2. The van der Waals surface area contributed by atoms with E-state index < -0.39 is 0 Å². The van der Waals surface area contributed by atoms with Crippen molar-refractivity contribution in [2.45, 2.75) is 50.4 Å². The monoisotopic (exact) mass is 186 g/mol. The lowest BCUT2D eigenvalue weighted by Gasteiger charge is -2.32. The number of aliphatic hydroxyl groups excluding tert-OH is 1. The molecule has 3 nitrogen and oxygen atoms in total. The molecular weight excluding hydrogens is 168 g/mol. The molecule has 0 bridgehead atoms. The predicted octanol–water partition coefficient (Wildman–Crippen LogP) is 1.10. The summed E-state index contributed by atoms with van der Waals surface area (Å²) in [4.78, 5) is 0. The zero-order valence-electron chi connectivity index (χ0n) is 7.95. The van der Waals surface area contributed by atoms with E-state index in [1.165, 1.54) is 0 Å². The summed E-state index contributed by atoms with van der Waals surface area (Å²) in [6, 6.07) is 0. The normalized spacial score (nSPS) is 40.8. The van der Waals surface area contributed by atoms with E-state index in [1.54, 1.807) is 0 Å². The molecule has 0 amide bonds. The van der Waals surface area contributed by atoms with Gasteiger partial charge in [0.25, 0.3) is 0 Å². The highest BCUT2D eigenvalue weighted by Gasteiger charge is 2.31. The third kappa shape index (κ3) is 2.22. The van der Waals surface area contributed by atoms with Crippen LogP contribution in [0.25, 0.3) is 0 Å². The Kier molecular flexibility index (Phi) is 3.19. The predicted molar refractivity (Wildman–Crippen MR) is 48.6 cm³/mol. The summed E-state index contributed by atoms with van der Waals surface area (Å²) in [5, 5.41) is 8.99. The standard InChI is InChI=1S/C10H18O3/c11-7-8-3-1-4-10(13-8)9-5-2-6-12-9/h8-11H,1-7H2. The van der Waals surface area contributed by atoms with Crippen molar-refractivity contribution in [2.75, 3.05) is 13.2 Å². The van der Waals surface area contributed by atoms with E-state index in [1.807, 2.05) is 0 Å².